The highest BCUT2D eigenvalue weighted by Gasteiger charge is 2.01. The molecule has 1 rings (SSSR count). The van der Waals surface area contributed by atoms with Gasteiger partial charge in [0.15, 0.2) is 5.96 Å². The molecule has 5 heteroatoms. The molecule has 21 heavy (non-hydrogen) atoms. The minimum absolute atomic E-state index is 0.183. The number of nitrogens with one attached hydrogen (secondary N) is 2. The molecule has 0 aliphatic rings. The molecule has 0 atom stereocenters. The third-order valence-corrected chi connectivity index (χ3v) is 3.11. The maximum Gasteiger partial charge on any atom is 0.191 e. The van der Waals surface area contributed by atoms with Crippen molar-refractivity contribution in [1.29, 1.82) is 0 Å². The minimum Gasteiger partial charge on any atom is -0.385 e. The molecule has 0 aliphatic carbocycles. The van der Waals surface area contributed by atoms with E-state index in [-0.39, 0.29) is 5.82 Å². The van der Waals surface area contributed by atoms with Crippen LogP contribution in [-0.4, -0.2) is 39.3 Å². The maximum absolute atomic E-state index is 13.0. The Morgan fingerprint density at radius 2 is 2.14 bits per heavy atom. The normalized spacial score (nSPS) is 11.5. The molecule has 0 saturated carbocycles. The first-order valence-corrected chi connectivity index (χ1v) is 7.43. The van der Waals surface area contributed by atoms with E-state index >= 15 is 0 Å². The lowest BCUT2D eigenvalue weighted by Gasteiger charge is -2.12. The molecule has 0 fully saturated rings. The van der Waals surface area contributed by atoms with Crippen LogP contribution in [0.15, 0.2) is 23.2 Å². The highest BCUT2D eigenvalue weighted by atomic mass is 19.1. The summed E-state index contributed by atoms with van der Waals surface area (Å²) in [5, 5.41) is 6.50. The van der Waals surface area contributed by atoms with Crippen LogP contribution < -0.4 is 10.6 Å². The Hall–Kier alpha value is -1.62. The van der Waals surface area contributed by atoms with Crippen LogP contribution in [0.25, 0.3) is 0 Å². The molecule has 4 nitrogen and oxygen atoms in total. The van der Waals surface area contributed by atoms with Crippen molar-refractivity contribution in [2.45, 2.75) is 26.7 Å². The Labute approximate surface area is 126 Å². The van der Waals surface area contributed by atoms with Crippen LogP contribution >= 0.6 is 0 Å². The predicted octanol–water partition coefficient (Wildman–Crippen LogP) is 2.27. The Bertz CT molecular complexity index is 449. The third kappa shape index (κ3) is 7.09. The Morgan fingerprint density at radius 1 is 1.33 bits per heavy atom. The first-order chi connectivity index (χ1) is 10.2. The zero-order valence-corrected chi connectivity index (χ0v) is 13.2. The van der Waals surface area contributed by atoms with Gasteiger partial charge >= 0.3 is 0 Å². The van der Waals surface area contributed by atoms with Crippen molar-refractivity contribution in [2.24, 2.45) is 4.99 Å². The van der Waals surface area contributed by atoms with Gasteiger partial charge in [0.1, 0.15) is 5.82 Å². The van der Waals surface area contributed by atoms with Crippen LogP contribution in [-0.2, 0) is 11.2 Å². The summed E-state index contributed by atoms with van der Waals surface area (Å²) in [6, 6.07) is 4.92. The van der Waals surface area contributed by atoms with E-state index in [4.69, 9.17) is 4.74 Å². The van der Waals surface area contributed by atoms with Crippen LogP contribution in [0.1, 0.15) is 24.5 Å². The number of aryl methyl sites for hydroxylation is 1. The molecule has 118 valence electrons. The summed E-state index contributed by atoms with van der Waals surface area (Å²) in [7, 11) is 1.69. The van der Waals surface area contributed by atoms with E-state index in [1.165, 1.54) is 6.07 Å². The maximum atomic E-state index is 13.0. The molecule has 0 bridgehead atoms. The van der Waals surface area contributed by atoms with Crippen molar-refractivity contribution in [3.8, 4) is 0 Å². The van der Waals surface area contributed by atoms with Gasteiger partial charge in [-0.3, -0.25) is 4.99 Å². The lowest BCUT2D eigenvalue weighted by molar-refractivity contribution is 0.197. The lowest BCUT2D eigenvalue weighted by atomic mass is 10.1. The van der Waals surface area contributed by atoms with Gasteiger partial charge in [-0.05, 0) is 49.9 Å². The number of halogens is 1. The number of hydrogen-bond acceptors (Lipinski definition) is 2. The van der Waals surface area contributed by atoms with Gasteiger partial charge in [0, 0.05) is 33.4 Å². The number of ether oxygens (including phenoxy) is 1. The number of nitrogens with zero attached hydrogens (tertiary/aromatic N) is 1. The third-order valence-electron chi connectivity index (χ3n) is 3.11. The molecule has 1 aromatic carbocycles. The topological polar surface area (TPSA) is 45.7 Å². The number of hydrogen-bond donors (Lipinski definition) is 2. The van der Waals surface area contributed by atoms with Crippen molar-refractivity contribution in [3.05, 3.63) is 35.1 Å². The molecular weight excluding hydrogens is 269 g/mol. The molecule has 0 aliphatic heterocycles. The molecule has 2 N–H and O–H groups in total. The fourth-order valence-corrected chi connectivity index (χ4v) is 2.00. The highest BCUT2D eigenvalue weighted by molar-refractivity contribution is 5.79. The van der Waals surface area contributed by atoms with Gasteiger partial charge in [0.05, 0.1) is 0 Å². The molecular formula is C16H26FN3O. The van der Waals surface area contributed by atoms with E-state index in [1.807, 2.05) is 19.9 Å². The van der Waals surface area contributed by atoms with E-state index in [2.05, 4.69) is 15.6 Å². The van der Waals surface area contributed by atoms with Gasteiger partial charge in [-0.2, -0.15) is 0 Å². The summed E-state index contributed by atoms with van der Waals surface area (Å²) in [6.45, 7) is 7.02. The second-order valence-corrected chi connectivity index (χ2v) is 4.85. The number of aliphatic imine (C=N–C) groups is 1. The molecule has 1 aromatic rings. The monoisotopic (exact) mass is 295 g/mol. The number of rotatable bonds is 8. The van der Waals surface area contributed by atoms with Crippen molar-refractivity contribution in [3.63, 3.8) is 0 Å². The quantitative estimate of drug-likeness (QED) is 0.439. The number of benzene rings is 1. The summed E-state index contributed by atoms with van der Waals surface area (Å²) in [6.07, 6.45) is 1.75. The molecule has 0 saturated heterocycles. The van der Waals surface area contributed by atoms with Crippen LogP contribution in [0.2, 0.25) is 0 Å². The number of methoxy groups -OCH3 is 1. The zero-order valence-electron chi connectivity index (χ0n) is 13.2. The molecule has 0 heterocycles. The molecule has 0 radical (unpaired) electrons. The van der Waals surface area contributed by atoms with Gasteiger partial charge in [-0.25, -0.2) is 4.39 Å². The lowest BCUT2D eigenvalue weighted by Crippen LogP contribution is -2.38. The van der Waals surface area contributed by atoms with E-state index in [0.717, 1.165) is 56.2 Å². The Kier molecular flexibility index (Phi) is 8.43. The van der Waals surface area contributed by atoms with Crippen molar-refractivity contribution >= 4 is 5.96 Å². The van der Waals surface area contributed by atoms with Gasteiger partial charge < -0.3 is 15.4 Å². The largest absolute Gasteiger partial charge is 0.385 e. The molecule has 0 spiro atoms. The average Bonchev–Trinajstić information content (AvgIpc) is 2.45. The number of guanidine groups is 1. The molecule has 0 aromatic heterocycles. The Balaban J connectivity index is 2.42. The van der Waals surface area contributed by atoms with Crippen LogP contribution in [0.5, 0.6) is 0 Å². The summed E-state index contributed by atoms with van der Waals surface area (Å²) in [5.41, 5.74) is 2.14. The van der Waals surface area contributed by atoms with Crippen molar-refractivity contribution < 1.29 is 9.13 Å². The summed E-state index contributed by atoms with van der Waals surface area (Å²) in [4.78, 5) is 4.47. The first kappa shape index (κ1) is 17.4. The summed E-state index contributed by atoms with van der Waals surface area (Å²) in [5.74, 6) is 0.630. The van der Waals surface area contributed by atoms with Crippen molar-refractivity contribution in [1.82, 2.24) is 10.6 Å². The Morgan fingerprint density at radius 3 is 2.81 bits per heavy atom. The van der Waals surface area contributed by atoms with Crippen LogP contribution in [0.4, 0.5) is 4.39 Å². The zero-order chi connectivity index (χ0) is 15.5. The van der Waals surface area contributed by atoms with Gasteiger partial charge in [0.25, 0.3) is 0 Å². The fourth-order valence-electron chi connectivity index (χ4n) is 2.00. The summed E-state index contributed by atoms with van der Waals surface area (Å²) < 4.78 is 18.1. The SMILES string of the molecule is CCNC(=NCCCOC)NCCc1ccc(F)cc1C. The average molecular weight is 295 g/mol. The van der Waals surface area contributed by atoms with Gasteiger partial charge in [0.2, 0.25) is 0 Å². The minimum atomic E-state index is -0.183. The second-order valence-electron chi connectivity index (χ2n) is 4.85. The molecule has 0 amide bonds. The molecule has 0 unspecified atom stereocenters. The second kappa shape index (κ2) is 10.2. The predicted molar refractivity (Wildman–Crippen MR) is 85.3 cm³/mol. The van der Waals surface area contributed by atoms with E-state index in [1.54, 1.807) is 13.2 Å². The van der Waals surface area contributed by atoms with Crippen LogP contribution in [0, 0.1) is 12.7 Å². The fraction of sp³-hybridized carbons (Fsp3) is 0.562. The van der Waals surface area contributed by atoms with E-state index < -0.39 is 0 Å². The first-order valence-electron chi connectivity index (χ1n) is 7.43. The van der Waals surface area contributed by atoms with Gasteiger partial charge in [-0.15, -0.1) is 0 Å². The van der Waals surface area contributed by atoms with Crippen molar-refractivity contribution in [2.75, 3.05) is 33.4 Å². The standard InChI is InChI=1S/C16H26FN3O/c1-4-18-16(19-9-5-11-21-3)20-10-8-14-6-7-15(17)12-13(14)2/h6-7,12H,4-5,8-11H2,1-3H3,(H2,18,19,20). The van der Waals surface area contributed by atoms with Gasteiger partial charge in [-0.1, -0.05) is 6.07 Å². The van der Waals surface area contributed by atoms with E-state index in [9.17, 15) is 4.39 Å². The highest BCUT2D eigenvalue weighted by Crippen LogP contribution is 2.10. The summed E-state index contributed by atoms with van der Waals surface area (Å²) >= 11 is 0. The smallest absolute Gasteiger partial charge is 0.191 e. The van der Waals surface area contributed by atoms with Crippen LogP contribution in [0.3, 0.4) is 0 Å². The van der Waals surface area contributed by atoms with E-state index in [0.29, 0.717) is 0 Å².